The van der Waals surface area contributed by atoms with E-state index in [0.29, 0.717) is 11.6 Å². The van der Waals surface area contributed by atoms with Crippen LogP contribution in [0, 0.1) is 0 Å². The number of amides is 1. The summed E-state index contributed by atoms with van der Waals surface area (Å²) in [6.07, 6.45) is 3.95. The second-order valence-corrected chi connectivity index (χ2v) is 6.77. The van der Waals surface area contributed by atoms with Crippen LogP contribution in [0.5, 0.6) is 0 Å². The topological polar surface area (TPSA) is 54.9 Å². The lowest BCUT2D eigenvalue weighted by Gasteiger charge is -2.02. The first-order chi connectivity index (χ1) is 11.3. The zero-order chi connectivity index (χ0) is 15.9. The normalized spacial score (nSPS) is 10.4. The van der Waals surface area contributed by atoms with Crippen molar-refractivity contribution in [1.82, 2.24) is 9.97 Å². The maximum atomic E-state index is 12.0. The van der Waals surface area contributed by atoms with E-state index in [-0.39, 0.29) is 5.91 Å². The van der Waals surface area contributed by atoms with Gasteiger partial charge in [0.15, 0.2) is 5.13 Å². The maximum absolute atomic E-state index is 12.0. The van der Waals surface area contributed by atoms with Crippen molar-refractivity contribution < 1.29 is 4.79 Å². The summed E-state index contributed by atoms with van der Waals surface area (Å²) in [4.78, 5) is 21.7. The molecule has 0 aliphatic carbocycles. The number of pyridine rings is 1. The molecule has 0 saturated carbocycles. The maximum Gasteiger partial charge on any atom is 0.226 e. The molecule has 1 aromatic carbocycles. The van der Waals surface area contributed by atoms with Gasteiger partial charge in [0.05, 0.1) is 5.69 Å². The van der Waals surface area contributed by atoms with Gasteiger partial charge in [0.1, 0.15) is 0 Å². The van der Waals surface area contributed by atoms with Crippen LogP contribution in [0.4, 0.5) is 5.13 Å². The van der Waals surface area contributed by atoms with Gasteiger partial charge in [-0.25, -0.2) is 4.98 Å². The van der Waals surface area contributed by atoms with Crippen molar-refractivity contribution in [2.45, 2.75) is 11.3 Å². The monoisotopic (exact) mass is 341 g/mol. The molecule has 0 aliphatic heterocycles. The van der Waals surface area contributed by atoms with Gasteiger partial charge < -0.3 is 5.32 Å². The molecule has 1 amide bonds. The summed E-state index contributed by atoms with van der Waals surface area (Å²) < 4.78 is 0. The van der Waals surface area contributed by atoms with E-state index < -0.39 is 0 Å². The number of anilines is 1. The summed E-state index contributed by atoms with van der Waals surface area (Å²) in [6.45, 7) is 0. The smallest absolute Gasteiger partial charge is 0.226 e. The number of hydrogen-bond donors (Lipinski definition) is 1. The third kappa shape index (κ3) is 4.64. The molecule has 2 heterocycles. The van der Waals surface area contributed by atoms with E-state index >= 15 is 0 Å². The lowest BCUT2D eigenvalue weighted by atomic mass is 10.2. The molecular weight excluding hydrogens is 326 g/mol. The van der Waals surface area contributed by atoms with E-state index in [1.165, 1.54) is 16.2 Å². The van der Waals surface area contributed by atoms with Gasteiger partial charge in [-0.2, -0.15) is 0 Å². The van der Waals surface area contributed by atoms with Gasteiger partial charge in [0.25, 0.3) is 0 Å². The van der Waals surface area contributed by atoms with Crippen LogP contribution in [0.25, 0.3) is 11.3 Å². The highest BCUT2D eigenvalue weighted by atomic mass is 32.2. The predicted octanol–water partition coefficient (Wildman–Crippen LogP) is 4.33. The lowest BCUT2D eigenvalue weighted by Crippen LogP contribution is -2.11. The number of carbonyl (C=O) groups is 1. The highest BCUT2D eigenvalue weighted by molar-refractivity contribution is 7.99. The van der Waals surface area contributed by atoms with Gasteiger partial charge in [0.2, 0.25) is 5.91 Å². The van der Waals surface area contributed by atoms with Crippen LogP contribution in [-0.4, -0.2) is 21.6 Å². The number of thioether (sulfide) groups is 1. The van der Waals surface area contributed by atoms with Crippen LogP contribution >= 0.6 is 23.1 Å². The van der Waals surface area contributed by atoms with E-state index in [1.54, 1.807) is 24.2 Å². The first-order valence-electron chi connectivity index (χ1n) is 7.15. The first-order valence-corrected chi connectivity index (χ1v) is 9.01. The minimum Gasteiger partial charge on any atom is -0.302 e. The molecule has 6 heteroatoms. The van der Waals surface area contributed by atoms with E-state index in [2.05, 4.69) is 15.3 Å². The molecule has 23 heavy (non-hydrogen) atoms. The second-order valence-electron chi connectivity index (χ2n) is 4.74. The second kappa shape index (κ2) is 7.89. The van der Waals surface area contributed by atoms with E-state index in [9.17, 15) is 4.79 Å². The number of aromatic nitrogens is 2. The molecule has 4 nitrogen and oxygen atoms in total. The summed E-state index contributed by atoms with van der Waals surface area (Å²) in [5.41, 5.74) is 1.78. The van der Waals surface area contributed by atoms with Crippen molar-refractivity contribution in [2.24, 2.45) is 0 Å². The van der Waals surface area contributed by atoms with E-state index in [1.807, 2.05) is 47.8 Å². The number of carbonyl (C=O) groups excluding carboxylic acids is 1. The molecule has 2 aromatic heterocycles. The van der Waals surface area contributed by atoms with Crippen LogP contribution in [0.2, 0.25) is 0 Å². The van der Waals surface area contributed by atoms with Crippen LogP contribution in [0.15, 0.2) is 65.1 Å². The summed E-state index contributed by atoms with van der Waals surface area (Å²) in [6, 6.07) is 13.9. The fourth-order valence-electron chi connectivity index (χ4n) is 1.94. The number of thiazole rings is 1. The Bertz CT molecular complexity index is 760. The Morgan fingerprint density at radius 2 is 2.04 bits per heavy atom. The van der Waals surface area contributed by atoms with Crippen molar-refractivity contribution in [3.05, 3.63) is 60.2 Å². The van der Waals surface area contributed by atoms with Crippen LogP contribution in [0.3, 0.4) is 0 Å². The van der Waals surface area contributed by atoms with E-state index in [4.69, 9.17) is 0 Å². The van der Waals surface area contributed by atoms with Crippen LogP contribution in [-0.2, 0) is 4.79 Å². The van der Waals surface area contributed by atoms with Gasteiger partial charge in [0, 0.05) is 40.4 Å². The van der Waals surface area contributed by atoms with Crippen molar-refractivity contribution >= 4 is 34.1 Å². The molecule has 0 unspecified atom stereocenters. The molecule has 0 atom stereocenters. The third-order valence-electron chi connectivity index (χ3n) is 3.05. The summed E-state index contributed by atoms with van der Waals surface area (Å²) in [7, 11) is 0. The molecule has 0 fully saturated rings. The fraction of sp³-hybridized carbons (Fsp3) is 0.118. The third-order valence-corrected chi connectivity index (χ3v) is 4.82. The Morgan fingerprint density at radius 3 is 2.83 bits per heavy atom. The summed E-state index contributed by atoms with van der Waals surface area (Å²) >= 11 is 3.10. The average molecular weight is 341 g/mol. The Kier molecular flexibility index (Phi) is 5.39. The fourth-order valence-corrected chi connectivity index (χ4v) is 3.55. The Balaban J connectivity index is 1.49. The largest absolute Gasteiger partial charge is 0.302 e. The minimum atomic E-state index is -0.0134. The molecule has 1 N–H and O–H groups in total. The average Bonchev–Trinajstić information content (AvgIpc) is 3.05. The van der Waals surface area contributed by atoms with E-state index in [0.717, 1.165) is 17.0 Å². The SMILES string of the molecule is O=C(CCSc1ccccc1)Nc1nc(-c2cccnc2)cs1. The number of nitrogens with zero attached hydrogens (tertiary/aromatic N) is 2. The highest BCUT2D eigenvalue weighted by Crippen LogP contribution is 2.24. The zero-order valence-corrected chi connectivity index (χ0v) is 13.9. The van der Waals surface area contributed by atoms with Crippen LogP contribution in [0.1, 0.15) is 6.42 Å². The molecule has 3 aromatic rings. The predicted molar refractivity (Wildman–Crippen MR) is 95.8 cm³/mol. The van der Waals surface area contributed by atoms with Crippen molar-refractivity contribution in [3.63, 3.8) is 0 Å². The molecule has 3 rings (SSSR count). The van der Waals surface area contributed by atoms with Gasteiger partial charge in [-0.05, 0) is 24.3 Å². The Morgan fingerprint density at radius 1 is 1.17 bits per heavy atom. The molecule has 116 valence electrons. The molecule has 0 radical (unpaired) electrons. The number of hydrogen-bond acceptors (Lipinski definition) is 5. The summed E-state index contributed by atoms with van der Waals surface area (Å²) in [5.74, 6) is 0.733. The standard InChI is InChI=1S/C17H15N3OS2/c21-16(8-10-22-14-6-2-1-3-7-14)20-17-19-15(12-23-17)13-5-4-9-18-11-13/h1-7,9,11-12H,8,10H2,(H,19,20,21). The summed E-state index contributed by atoms with van der Waals surface area (Å²) in [5, 5.41) is 5.40. The molecule has 0 bridgehead atoms. The quantitative estimate of drug-likeness (QED) is 0.678. The minimum absolute atomic E-state index is 0.0134. The first kappa shape index (κ1) is 15.7. The van der Waals surface area contributed by atoms with Gasteiger partial charge in [-0.15, -0.1) is 23.1 Å². The Labute approximate surface area is 143 Å². The lowest BCUT2D eigenvalue weighted by molar-refractivity contribution is -0.115. The Hall–Kier alpha value is -2.18. The molecular formula is C17H15N3OS2. The molecule has 0 saturated heterocycles. The van der Waals surface area contributed by atoms with Crippen molar-refractivity contribution in [1.29, 1.82) is 0 Å². The molecule has 0 aliphatic rings. The highest BCUT2D eigenvalue weighted by Gasteiger charge is 2.08. The van der Waals surface area contributed by atoms with Crippen molar-refractivity contribution in [2.75, 3.05) is 11.1 Å². The van der Waals surface area contributed by atoms with Crippen molar-refractivity contribution in [3.8, 4) is 11.3 Å². The van der Waals surface area contributed by atoms with Gasteiger partial charge in [-0.3, -0.25) is 9.78 Å². The van der Waals surface area contributed by atoms with Gasteiger partial charge >= 0.3 is 0 Å². The zero-order valence-electron chi connectivity index (χ0n) is 12.3. The van der Waals surface area contributed by atoms with Crippen LogP contribution < -0.4 is 5.32 Å². The number of rotatable bonds is 6. The molecule has 0 spiro atoms. The van der Waals surface area contributed by atoms with Gasteiger partial charge in [-0.1, -0.05) is 18.2 Å². The number of nitrogens with one attached hydrogen (secondary N) is 1. The number of benzene rings is 1.